The predicted molar refractivity (Wildman–Crippen MR) is 120 cm³/mol. The van der Waals surface area contributed by atoms with Crippen molar-refractivity contribution in [3.8, 4) is 5.69 Å². The first kappa shape index (κ1) is 19.9. The molecule has 4 rings (SSSR count). The van der Waals surface area contributed by atoms with Crippen LogP contribution in [0.25, 0.3) is 27.9 Å². The maximum absolute atomic E-state index is 13.0. The minimum atomic E-state index is -0.467. The molecule has 2 heterocycles. The summed E-state index contributed by atoms with van der Waals surface area (Å²) in [7, 11) is 0. The van der Waals surface area contributed by atoms with Crippen LogP contribution in [0.5, 0.6) is 0 Å². The molecular weight excluding hydrogens is 376 g/mol. The number of carbonyl (C=O) groups excluding carboxylic acids is 1. The fraction of sp³-hybridized carbons (Fsp3) is 0.292. The highest BCUT2D eigenvalue weighted by Crippen LogP contribution is 2.32. The Hall–Kier alpha value is -3.41. The summed E-state index contributed by atoms with van der Waals surface area (Å²) >= 11 is 0. The van der Waals surface area contributed by atoms with Crippen LogP contribution < -0.4 is 5.73 Å². The lowest BCUT2D eigenvalue weighted by atomic mass is 10.1. The number of esters is 1. The summed E-state index contributed by atoms with van der Waals surface area (Å²) in [4.78, 5) is 22.6. The third-order valence-electron chi connectivity index (χ3n) is 5.36. The molecule has 1 atom stereocenters. The third kappa shape index (κ3) is 3.49. The van der Waals surface area contributed by atoms with Crippen LogP contribution in [0.1, 0.15) is 41.8 Å². The molecule has 30 heavy (non-hydrogen) atoms. The number of hydrogen-bond donors (Lipinski definition) is 1. The van der Waals surface area contributed by atoms with Crippen LogP contribution >= 0.6 is 0 Å². The summed E-state index contributed by atoms with van der Waals surface area (Å²) < 4.78 is 7.38. The third-order valence-corrected chi connectivity index (χ3v) is 5.36. The number of aromatic nitrogens is 3. The number of carbonyl (C=O) groups is 1. The number of para-hydroxylation sites is 2. The second-order valence-electron chi connectivity index (χ2n) is 7.94. The van der Waals surface area contributed by atoms with Crippen molar-refractivity contribution in [2.75, 3.05) is 12.3 Å². The molecule has 0 amide bonds. The van der Waals surface area contributed by atoms with Crippen molar-refractivity contribution >= 4 is 34.0 Å². The van der Waals surface area contributed by atoms with Gasteiger partial charge < -0.3 is 10.5 Å². The molecular formula is C24H26N4O2. The molecule has 0 spiro atoms. The Kier molecular flexibility index (Phi) is 5.16. The topological polar surface area (TPSA) is 83.0 Å². The number of rotatable bonds is 5. The Balaban J connectivity index is 1.97. The number of aryl methyl sites for hydroxylation is 2. The first-order valence-electron chi connectivity index (χ1n) is 10.2. The number of ether oxygens (including phenoxy) is 1. The summed E-state index contributed by atoms with van der Waals surface area (Å²) in [6, 6.07) is 13.7. The van der Waals surface area contributed by atoms with Gasteiger partial charge in [-0.2, -0.15) is 0 Å². The lowest BCUT2D eigenvalue weighted by molar-refractivity contribution is 0.0450. The lowest BCUT2D eigenvalue weighted by Gasteiger charge is -2.11. The molecule has 2 N–H and O–H groups in total. The molecule has 6 nitrogen and oxygen atoms in total. The molecule has 0 aliphatic carbocycles. The molecule has 0 radical (unpaired) electrons. The quantitative estimate of drug-likeness (QED) is 0.476. The summed E-state index contributed by atoms with van der Waals surface area (Å²) in [6.45, 7) is 8.51. The summed E-state index contributed by atoms with van der Waals surface area (Å²) in [5.41, 5.74) is 12.3. The fourth-order valence-corrected chi connectivity index (χ4v) is 3.61. The van der Waals surface area contributed by atoms with Crippen LogP contribution in [0.4, 0.5) is 5.82 Å². The molecule has 0 saturated heterocycles. The normalized spacial score (nSPS) is 12.4. The van der Waals surface area contributed by atoms with Crippen LogP contribution in [0, 0.1) is 19.8 Å². The number of nitrogens with two attached hydrogens (primary N) is 1. The van der Waals surface area contributed by atoms with Crippen LogP contribution in [0.3, 0.4) is 0 Å². The van der Waals surface area contributed by atoms with Gasteiger partial charge >= 0.3 is 5.97 Å². The molecule has 0 saturated carbocycles. The van der Waals surface area contributed by atoms with Crippen LogP contribution in [0.15, 0.2) is 42.5 Å². The minimum absolute atomic E-state index is 0.269. The minimum Gasteiger partial charge on any atom is -0.462 e. The van der Waals surface area contributed by atoms with Gasteiger partial charge in [0.05, 0.1) is 17.6 Å². The first-order valence-corrected chi connectivity index (χ1v) is 10.2. The largest absolute Gasteiger partial charge is 0.462 e. The van der Waals surface area contributed by atoms with Crippen LogP contribution in [-0.2, 0) is 4.74 Å². The van der Waals surface area contributed by atoms with Gasteiger partial charge in [-0.25, -0.2) is 14.8 Å². The average molecular weight is 402 g/mol. The Morgan fingerprint density at radius 2 is 1.73 bits per heavy atom. The van der Waals surface area contributed by atoms with E-state index in [0.717, 1.165) is 28.8 Å². The van der Waals surface area contributed by atoms with Crippen molar-refractivity contribution in [3.05, 3.63) is 59.2 Å². The van der Waals surface area contributed by atoms with E-state index >= 15 is 0 Å². The van der Waals surface area contributed by atoms with Crippen molar-refractivity contribution in [1.82, 2.24) is 14.5 Å². The number of nitrogen functional groups attached to an aromatic ring is 1. The van der Waals surface area contributed by atoms with Gasteiger partial charge in [-0.05, 0) is 55.2 Å². The van der Waals surface area contributed by atoms with Gasteiger partial charge in [-0.15, -0.1) is 0 Å². The van der Waals surface area contributed by atoms with Crippen LogP contribution in [-0.4, -0.2) is 27.1 Å². The Bertz CT molecular complexity index is 1240. The van der Waals surface area contributed by atoms with E-state index in [1.54, 1.807) is 4.57 Å². The summed E-state index contributed by atoms with van der Waals surface area (Å²) in [5.74, 6) is 0.0971. The average Bonchev–Trinajstić information content (AvgIpc) is 3.00. The van der Waals surface area contributed by atoms with Crippen molar-refractivity contribution in [2.45, 2.75) is 34.1 Å². The number of nitrogens with zero attached hydrogens (tertiary/aromatic N) is 3. The maximum atomic E-state index is 13.0. The van der Waals surface area contributed by atoms with Gasteiger partial charge in [0.1, 0.15) is 16.9 Å². The molecule has 0 bridgehead atoms. The first-order chi connectivity index (χ1) is 14.4. The van der Waals surface area contributed by atoms with Crippen molar-refractivity contribution in [3.63, 3.8) is 0 Å². The van der Waals surface area contributed by atoms with E-state index in [9.17, 15) is 4.79 Å². The highest BCUT2D eigenvalue weighted by Gasteiger charge is 2.26. The number of anilines is 1. The smallest absolute Gasteiger partial charge is 0.344 e. The van der Waals surface area contributed by atoms with Gasteiger partial charge in [0.15, 0.2) is 5.65 Å². The molecule has 2 aromatic carbocycles. The number of hydrogen-bond acceptors (Lipinski definition) is 5. The highest BCUT2D eigenvalue weighted by molar-refractivity contribution is 6.09. The maximum Gasteiger partial charge on any atom is 0.344 e. The highest BCUT2D eigenvalue weighted by atomic mass is 16.5. The predicted octanol–water partition coefficient (Wildman–Crippen LogP) is 4.98. The zero-order valence-electron chi connectivity index (χ0n) is 17.8. The molecule has 4 aromatic rings. The summed E-state index contributed by atoms with van der Waals surface area (Å²) in [6.07, 6.45) is 0.928. The van der Waals surface area contributed by atoms with E-state index in [2.05, 4.69) is 13.0 Å². The van der Waals surface area contributed by atoms with Gasteiger partial charge in [-0.3, -0.25) is 4.57 Å². The lowest BCUT2D eigenvalue weighted by Crippen LogP contribution is -2.13. The van der Waals surface area contributed by atoms with Crippen molar-refractivity contribution in [1.29, 1.82) is 0 Å². The summed E-state index contributed by atoms with van der Waals surface area (Å²) in [5, 5.41) is 0. The zero-order chi connectivity index (χ0) is 21.4. The number of fused-ring (bicyclic) bond motifs is 2. The number of benzene rings is 2. The monoisotopic (exact) mass is 402 g/mol. The van der Waals surface area contributed by atoms with E-state index in [4.69, 9.17) is 20.4 Å². The molecule has 154 valence electrons. The molecule has 2 aromatic heterocycles. The van der Waals surface area contributed by atoms with Gasteiger partial charge in [0, 0.05) is 5.69 Å². The molecule has 0 fully saturated rings. The van der Waals surface area contributed by atoms with E-state index in [0.29, 0.717) is 29.1 Å². The van der Waals surface area contributed by atoms with Crippen molar-refractivity contribution in [2.24, 2.45) is 5.92 Å². The van der Waals surface area contributed by atoms with Gasteiger partial charge in [0.25, 0.3) is 0 Å². The van der Waals surface area contributed by atoms with E-state index in [1.165, 1.54) is 0 Å². The SMILES string of the molecule is CCC(C)COC(=O)c1c(N)n(-c2cc(C)cc(C)c2)c2nc3ccccc3nc12. The molecule has 6 heteroatoms. The Morgan fingerprint density at radius 1 is 1.10 bits per heavy atom. The molecule has 0 aliphatic rings. The molecule has 0 aliphatic heterocycles. The Morgan fingerprint density at radius 3 is 2.37 bits per heavy atom. The van der Waals surface area contributed by atoms with E-state index < -0.39 is 5.97 Å². The van der Waals surface area contributed by atoms with Crippen LogP contribution in [0.2, 0.25) is 0 Å². The van der Waals surface area contributed by atoms with E-state index in [-0.39, 0.29) is 11.5 Å². The second-order valence-corrected chi connectivity index (χ2v) is 7.94. The van der Waals surface area contributed by atoms with Gasteiger partial charge in [-0.1, -0.05) is 38.5 Å². The van der Waals surface area contributed by atoms with Crippen molar-refractivity contribution < 1.29 is 9.53 Å². The standard InChI is InChI=1S/C24H26N4O2/c1-5-14(2)13-30-24(29)20-21-23(27-19-9-7-6-8-18(19)26-21)28(22(20)25)17-11-15(3)10-16(4)12-17/h6-12,14H,5,13,25H2,1-4H3. The Labute approximate surface area is 175 Å². The fourth-order valence-electron chi connectivity index (χ4n) is 3.61. The second kappa shape index (κ2) is 7.78. The molecule has 1 unspecified atom stereocenters. The van der Waals surface area contributed by atoms with E-state index in [1.807, 2.05) is 57.2 Å². The zero-order valence-corrected chi connectivity index (χ0v) is 17.8. The van der Waals surface area contributed by atoms with Gasteiger partial charge in [0.2, 0.25) is 0 Å².